The summed E-state index contributed by atoms with van der Waals surface area (Å²) in [5.74, 6) is 0.693. The molecule has 1 aromatic rings. The monoisotopic (exact) mass is 303 g/mol. The lowest BCUT2D eigenvalue weighted by Gasteiger charge is -2.18. The maximum absolute atomic E-state index is 11.8. The molecule has 1 N–H and O–H groups in total. The van der Waals surface area contributed by atoms with E-state index in [1.165, 1.54) is 0 Å². The zero-order valence-electron chi connectivity index (χ0n) is 11.3. The van der Waals surface area contributed by atoms with Crippen molar-refractivity contribution in [1.29, 1.82) is 0 Å². The number of carbonyl (C=O) groups is 1. The van der Waals surface area contributed by atoms with E-state index in [1.54, 1.807) is 31.2 Å². The fraction of sp³-hybridized carbons (Fsp3) is 0.500. The Morgan fingerprint density at radius 2 is 2.05 bits per heavy atom. The van der Waals surface area contributed by atoms with Gasteiger partial charge in [-0.15, -0.1) is 11.6 Å². The minimum atomic E-state index is -0.588. The molecule has 0 aliphatic rings. The molecular formula is C14H19Cl2NO2. The number of hydrogen-bond acceptors (Lipinski definition) is 2. The highest BCUT2D eigenvalue weighted by Crippen LogP contribution is 2.18. The third-order valence-electron chi connectivity index (χ3n) is 2.67. The minimum Gasteiger partial charge on any atom is -0.481 e. The van der Waals surface area contributed by atoms with Crippen molar-refractivity contribution in [2.24, 2.45) is 5.92 Å². The van der Waals surface area contributed by atoms with Gasteiger partial charge in [-0.1, -0.05) is 31.5 Å². The number of ether oxygens (including phenoxy) is 1. The van der Waals surface area contributed by atoms with Crippen molar-refractivity contribution in [3.05, 3.63) is 29.3 Å². The van der Waals surface area contributed by atoms with Gasteiger partial charge >= 0.3 is 0 Å². The van der Waals surface area contributed by atoms with E-state index in [4.69, 9.17) is 27.9 Å². The van der Waals surface area contributed by atoms with E-state index in [0.29, 0.717) is 23.2 Å². The van der Waals surface area contributed by atoms with Crippen LogP contribution >= 0.6 is 23.2 Å². The van der Waals surface area contributed by atoms with Crippen LogP contribution in [0, 0.1) is 5.92 Å². The summed E-state index contributed by atoms with van der Waals surface area (Å²) in [7, 11) is 0. The molecule has 1 aromatic carbocycles. The molecule has 0 aliphatic heterocycles. The molecule has 3 nitrogen and oxygen atoms in total. The van der Waals surface area contributed by atoms with Gasteiger partial charge in [-0.3, -0.25) is 4.79 Å². The lowest BCUT2D eigenvalue weighted by Crippen LogP contribution is -2.40. The first-order valence-electron chi connectivity index (χ1n) is 6.24. The average molecular weight is 304 g/mol. The molecule has 0 bridgehead atoms. The summed E-state index contributed by atoms with van der Waals surface area (Å²) in [5.41, 5.74) is 0. The van der Waals surface area contributed by atoms with Gasteiger partial charge in [0.05, 0.1) is 5.38 Å². The van der Waals surface area contributed by atoms with Crippen LogP contribution in [0.4, 0.5) is 0 Å². The van der Waals surface area contributed by atoms with Gasteiger partial charge in [0.2, 0.25) is 0 Å². The Bertz CT molecular complexity index is 424. The van der Waals surface area contributed by atoms with Crippen molar-refractivity contribution >= 4 is 29.1 Å². The SMILES string of the molecule is CC(Oc1cccc(Cl)c1)C(=O)NCC(Cl)C(C)C. The lowest BCUT2D eigenvalue weighted by atomic mass is 10.1. The number of rotatable bonds is 6. The minimum absolute atomic E-state index is 0.0812. The first kappa shape index (κ1) is 16.1. The summed E-state index contributed by atoms with van der Waals surface area (Å²) >= 11 is 11.9. The summed E-state index contributed by atoms with van der Waals surface area (Å²) in [6.07, 6.45) is -0.588. The Hall–Kier alpha value is -0.930. The zero-order valence-corrected chi connectivity index (χ0v) is 12.8. The van der Waals surface area contributed by atoms with Crippen LogP contribution in [0.25, 0.3) is 0 Å². The molecular weight excluding hydrogens is 285 g/mol. The number of alkyl halides is 1. The summed E-state index contributed by atoms with van der Waals surface area (Å²) in [6, 6.07) is 6.95. The molecule has 0 aromatic heterocycles. The van der Waals surface area contributed by atoms with Crippen molar-refractivity contribution < 1.29 is 9.53 Å². The van der Waals surface area contributed by atoms with Crippen LogP contribution in [0.2, 0.25) is 5.02 Å². The van der Waals surface area contributed by atoms with Crippen LogP contribution in [-0.2, 0) is 4.79 Å². The van der Waals surface area contributed by atoms with Crippen molar-refractivity contribution in [2.45, 2.75) is 32.3 Å². The smallest absolute Gasteiger partial charge is 0.260 e. The molecule has 19 heavy (non-hydrogen) atoms. The molecule has 0 saturated heterocycles. The van der Waals surface area contributed by atoms with Gasteiger partial charge in [-0.25, -0.2) is 0 Å². The van der Waals surface area contributed by atoms with Crippen molar-refractivity contribution in [3.63, 3.8) is 0 Å². The number of amides is 1. The Kier molecular flexibility index (Phi) is 6.46. The van der Waals surface area contributed by atoms with E-state index in [-0.39, 0.29) is 11.3 Å². The molecule has 1 amide bonds. The summed E-state index contributed by atoms with van der Waals surface area (Å²) in [4.78, 5) is 11.8. The Morgan fingerprint density at radius 3 is 2.63 bits per heavy atom. The number of halogens is 2. The maximum atomic E-state index is 11.8. The van der Waals surface area contributed by atoms with Crippen LogP contribution in [0.3, 0.4) is 0 Å². The molecule has 1 rings (SSSR count). The van der Waals surface area contributed by atoms with Gasteiger partial charge < -0.3 is 10.1 Å². The molecule has 2 atom stereocenters. The number of hydrogen-bond donors (Lipinski definition) is 1. The molecule has 0 fully saturated rings. The van der Waals surface area contributed by atoms with Crippen LogP contribution in [-0.4, -0.2) is 23.9 Å². The van der Waals surface area contributed by atoms with E-state index in [0.717, 1.165) is 0 Å². The van der Waals surface area contributed by atoms with Crippen LogP contribution in [0.5, 0.6) is 5.75 Å². The van der Waals surface area contributed by atoms with E-state index in [1.807, 2.05) is 13.8 Å². The molecule has 2 unspecified atom stereocenters. The fourth-order valence-electron chi connectivity index (χ4n) is 1.38. The third kappa shape index (κ3) is 5.70. The number of nitrogens with one attached hydrogen (secondary N) is 1. The van der Waals surface area contributed by atoms with E-state index < -0.39 is 6.10 Å². The van der Waals surface area contributed by atoms with Gasteiger partial charge in [0.25, 0.3) is 5.91 Å². The summed E-state index contributed by atoms with van der Waals surface area (Å²) < 4.78 is 5.51. The summed E-state index contributed by atoms with van der Waals surface area (Å²) in [6.45, 7) is 6.14. The highest BCUT2D eigenvalue weighted by molar-refractivity contribution is 6.30. The molecule has 0 radical (unpaired) electrons. The van der Waals surface area contributed by atoms with Crippen molar-refractivity contribution in [2.75, 3.05) is 6.54 Å². The molecule has 0 saturated carbocycles. The molecule has 106 valence electrons. The van der Waals surface area contributed by atoms with Crippen LogP contribution < -0.4 is 10.1 Å². The van der Waals surface area contributed by atoms with E-state index >= 15 is 0 Å². The topological polar surface area (TPSA) is 38.3 Å². The maximum Gasteiger partial charge on any atom is 0.260 e. The number of benzene rings is 1. The Morgan fingerprint density at radius 1 is 1.37 bits per heavy atom. The van der Waals surface area contributed by atoms with Gasteiger partial charge in [0.15, 0.2) is 6.10 Å². The normalized spacial score (nSPS) is 14.0. The predicted octanol–water partition coefficient (Wildman–Crippen LogP) is 3.49. The largest absolute Gasteiger partial charge is 0.481 e. The number of carbonyl (C=O) groups excluding carboxylic acids is 1. The van der Waals surface area contributed by atoms with Gasteiger partial charge in [0, 0.05) is 11.6 Å². The van der Waals surface area contributed by atoms with Gasteiger partial charge in [-0.2, -0.15) is 0 Å². The highest BCUT2D eigenvalue weighted by Gasteiger charge is 2.17. The molecule has 0 spiro atoms. The van der Waals surface area contributed by atoms with Crippen molar-refractivity contribution in [1.82, 2.24) is 5.32 Å². The second-order valence-corrected chi connectivity index (χ2v) is 5.72. The van der Waals surface area contributed by atoms with Gasteiger partial charge in [-0.05, 0) is 31.0 Å². The first-order chi connectivity index (χ1) is 8.90. The second-order valence-electron chi connectivity index (χ2n) is 4.72. The highest BCUT2D eigenvalue weighted by atomic mass is 35.5. The molecule has 0 heterocycles. The molecule has 5 heteroatoms. The quantitative estimate of drug-likeness (QED) is 0.817. The van der Waals surface area contributed by atoms with Crippen molar-refractivity contribution in [3.8, 4) is 5.75 Å². The first-order valence-corrected chi connectivity index (χ1v) is 7.05. The average Bonchev–Trinajstić information content (AvgIpc) is 2.35. The standard InChI is InChI=1S/C14H19Cl2NO2/c1-9(2)13(16)8-17-14(18)10(3)19-12-6-4-5-11(15)7-12/h4-7,9-10,13H,8H2,1-3H3,(H,17,18). The van der Waals surface area contributed by atoms with Crippen LogP contribution in [0.15, 0.2) is 24.3 Å². The summed E-state index contributed by atoms with van der Waals surface area (Å²) in [5, 5.41) is 3.26. The van der Waals surface area contributed by atoms with Crippen LogP contribution in [0.1, 0.15) is 20.8 Å². The zero-order chi connectivity index (χ0) is 14.4. The second kappa shape index (κ2) is 7.61. The van der Waals surface area contributed by atoms with Gasteiger partial charge in [0.1, 0.15) is 5.75 Å². The third-order valence-corrected chi connectivity index (χ3v) is 3.57. The van der Waals surface area contributed by atoms with E-state index in [2.05, 4.69) is 5.32 Å². The molecule has 0 aliphatic carbocycles. The Balaban J connectivity index is 2.45. The lowest BCUT2D eigenvalue weighted by molar-refractivity contribution is -0.127. The van der Waals surface area contributed by atoms with E-state index in [9.17, 15) is 4.79 Å². The Labute approximate surface area is 124 Å². The fourth-order valence-corrected chi connectivity index (χ4v) is 1.63. The predicted molar refractivity (Wildman–Crippen MR) is 79.0 cm³/mol.